The second-order valence-electron chi connectivity index (χ2n) is 1.06. The van der Waals surface area contributed by atoms with E-state index in [1.807, 2.05) is 0 Å². The molecule has 0 bridgehead atoms. The summed E-state index contributed by atoms with van der Waals surface area (Å²) in [6.45, 7) is 0. The van der Waals surface area contributed by atoms with E-state index in [9.17, 15) is 9.13 Å². The molecule has 10 heteroatoms. The van der Waals surface area contributed by atoms with Gasteiger partial charge in [0.1, 0.15) is 0 Å². The summed E-state index contributed by atoms with van der Waals surface area (Å²) in [5.41, 5.74) is 0. The van der Waals surface area contributed by atoms with E-state index in [-0.39, 0.29) is 39.9 Å². The zero-order chi connectivity index (χ0) is 7.71. The Morgan fingerprint density at radius 2 is 1.10 bits per heavy atom. The van der Waals surface area contributed by atoms with Crippen LogP contribution in [-0.4, -0.2) is 19.6 Å². The first-order chi connectivity index (χ1) is 3.71. The number of hydrogen-bond acceptors (Lipinski definition) is 3. The molecule has 0 spiro atoms. The van der Waals surface area contributed by atoms with Crippen molar-refractivity contribution in [3.63, 3.8) is 0 Å². The Hall–Kier alpha value is 1.58. The first-order valence-corrected chi connectivity index (χ1v) is 4.59. The molecule has 0 rings (SSSR count). The minimum atomic E-state index is -5.05. The summed E-state index contributed by atoms with van der Waals surface area (Å²) >= 11 is 0. The smallest absolute Gasteiger partial charge is 0.302 e. The molecule has 0 aliphatic rings. The molecule has 0 atom stereocenters. The van der Waals surface area contributed by atoms with Gasteiger partial charge in [-0.15, -0.1) is 0 Å². The summed E-state index contributed by atoms with van der Waals surface area (Å²) in [7, 11) is -10.1. The van der Waals surface area contributed by atoms with Crippen molar-refractivity contribution >= 4 is 15.6 Å². The van der Waals surface area contributed by atoms with Crippen LogP contribution in [-0.2, 0) is 13.4 Å². The maximum absolute atomic E-state index is 9.63. The van der Waals surface area contributed by atoms with Crippen LogP contribution in [0.4, 0.5) is 0 Å². The first-order valence-electron chi connectivity index (χ1n) is 1.53. The van der Waals surface area contributed by atoms with Gasteiger partial charge in [-0.2, -0.15) is 4.31 Å². The average Bonchev–Trinajstić information content (AvgIpc) is 1.14. The second kappa shape index (κ2) is 4.57. The zero-order valence-electron chi connectivity index (χ0n) is 4.41. The van der Waals surface area contributed by atoms with Crippen LogP contribution in [0, 0.1) is 39.9 Å². The van der Waals surface area contributed by atoms with E-state index in [0.717, 1.165) is 0 Å². The SMILES string of the molecule is O=P(O)(O)OP(=O)(O)O.[Th]. The maximum atomic E-state index is 9.63. The van der Waals surface area contributed by atoms with Crippen LogP contribution in [0.2, 0.25) is 0 Å². The second-order valence-corrected chi connectivity index (χ2v) is 3.68. The number of phosphoric acid groups is 2. The molecule has 0 saturated heterocycles. The van der Waals surface area contributed by atoms with Crippen LogP contribution < -0.4 is 0 Å². The summed E-state index contributed by atoms with van der Waals surface area (Å²) in [5.74, 6) is 0. The molecule has 0 unspecified atom stereocenters. The van der Waals surface area contributed by atoms with Crippen LogP contribution in [0.25, 0.3) is 0 Å². The summed E-state index contributed by atoms with van der Waals surface area (Å²) in [5, 5.41) is 0. The van der Waals surface area contributed by atoms with Gasteiger partial charge >= 0.3 is 15.6 Å². The fourth-order valence-corrected chi connectivity index (χ4v) is 1.25. The normalized spacial score (nSPS) is 12.4. The summed E-state index contributed by atoms with van der Waals surface area (Å²) < 4.78 is 22.2. The molecule has 0 saturated carbocycles. The van der Waals surface area contributed by atoms with E-state index in [4.69, 9.17) is 19.6 Å². The van der Waals surface area contributed by atoms with Gasteiger partial charge in [-0.25, -0.2) is 9.13 Å². The summed E-state index contributed by atoms with van der Waals surface area (Å²) in [4.78, 5) is 31.0. The molecule has 0 aromatic carbocycles. The van der Waals surface area contributed by atoms with Crippen molar-refractivity contribution < 1.29 is 73.0 Å². The Morgan fingerprint density at radius 1 is 0.900 bits per heavy atom. The molecule has 0 aliphatic heterocycles. The molecule has 0 fully saturated rings. The number of rotatable bonds is 2. The molecular weight excluding hydrogens is 406 g/mol. The van der Waals surface area contributed by atoms with Crippen molar-refractivity contribution in [3.8, 4) is 0 Å². The molecule has 0 radical (unpaired) electrons. The third kappa shape index (κ3) is 12.3. The molecular formula is H4O7P2Th. The topological polar surface area (TPSA) is 124 Å². The first kappa shape index (κ1) is 14.1. The van der Waals surface area contributed by atoms with Crippen molar-refractivity contribution in [2.75, 3.05) is 0 Å². The van der Waals surface area contributed by atoms with Gasteiger partial charge in [0.05, 0.1) is 0 Å². The molecule has 0 aliphatic carbocycles. The van der Waals surface area contributed by atoms with Gasteiger partial charge in [-0.3, -0.25) is 0 Å². The van der Waals surface area contributed by atoms with Crippen LogP contribution in [0.1, 0.15) is 0 Å². The Kier molecular flexibility index (Phi) is 6.46. The van der Waals surface area contributed by atoms with Crippen LogP contribution in [0.3, 0.4) is 0 Å². The minimum Gasteiger partial charge on any atom is -0.302 e. The Bertz CT molecular complexity index is 152. The van der Waals surface area contributed by atoms with Crippen molar-refractivity contribution in [1.82, 2.24) is 0 Å². The monoisotopic (exact) mass is 410 g/mol. The van der Waals surface area contributed by atoms with Crippen molar-refractivity contribution in [2.45, 2.75) is 0 Å². The van der Waals surface area contributed by atoms with E-state index >= 15 is 0 Å². The van der Waals surface area contributed by atoms with Gasteiger partial charge < -0.3 is 19.6 Å². The molecule has 4 N–H and O–H groups in total. The quantitative estimate of drug-likeness (QED) is 0.439. The predicted octanol–water partition coefficient (Wildman–Crippen LogP) is -0.812. The van der Waals surface area contributed by atoms with E-state index in [1.165, 1.54) is 0 Å². The minimum absolute atomic E-state index is 0. The standard InChI is InChI=1S/H4O7P2.Th/c1-8(2,3)7-9(4,5)6;/h(H2,1,2,3)(H2,4,5,6);. The molecule has 10 heavy (non-hydrogen) atoms. The Labute approximate surface area is 87.9 Å². The Morgan fingerprint density at radius 3 is 1.10 bits per heavy atom. The van der Waals surface area contributed by atoms with Crippen LogP contribution in [0.15, 0.2) is 0 Å². The van der Waals surface area contributed by atoms with Gasteiger partial charge in [-0.05, 0) is 0 Å². The van der Waals surface area contributed by atoms with Gasteiger partial charge in [0, 0.05) is 39.9 Å². The fraction of sp³-hybridized carbons (Fsp3) is 0. The van der Waals surface area contributed by atoms with E-state index in [2.05, 4.69) is 4.31 Å². The van der Waals surface area contributed by atoms with E-state index < -0.39 is 15.6 Å². The Balaban J connectivity index is 0. The zero-order valence-corrected chi connectivity index (χ0v) is 10.3. The predicted molar refractivity (Wildman–Crippen MR) is 25.2 cm³/mol. The molecule has 7 nitrogen and oxygen atoms in total. The largest absolute Gasteiger partial charge is 0.478 e. The molecule has 0 aromatic rings. The van der Waals surface area contributed by atoms with Crippen LogP contribution >= 0.6 is 15.6 Å². The maximum Gasteiger partial charge on any atom is 0.478 e. The van der Waals surface area contributed by atoms with Crippen LogP contribution in [0.5, 0.6) is 0 Å². The third-order valence-corrected chi connectivity index (χ3v) is 1.91. The van der Waals surface area contributed by atoms with Gasteiger partial charge in [0.15, 0.2) is 0 Å². The number of hydrogen-bond donors (Lipinski definition) is 4. The summed E-state index contributed by atoms with van der Waals surface area (Å²) in [6, 6.07) is 0. The van der Waals surface area contributed by atoms with Crippen molar-refractivity contribution in [1.29, 1.82) is 0 Å². The van der Waals surface area contributed by atoms with Crippen molar-refractivity contribution in [3.05, 3.63) is 0 Å². The summed E-state index contributed by atoms with van der Waals surface area (Å²) in [6.07, 6.45) is 0. The van der Waals surface area contributed by atoms with Gasteiger partial charge in [-0.1, -0.05) is 0 Å². The average molecular weight is 410 g/mol. The molecule has 0 amide bonds. The van der Waals surface area contributed by atoms with Crippen molar-refractivity contribution in [2.24, 2.45) is 0 Å². The van der Waals surface area contributed by atoms with E-state index in [1.54, 1.807) is 0 Å². The van der Waals surface area contributed by atoms with Gasteiger partial charge in [0.2, 0.25) is 0 Å². The fourth-order valence-electron chi connectivity index (χ4n) is 0.139. The molecule has 60 valence electrons. The molecule has 0 heterocycles. The van der Waals surface area contributed by atoms with E-state index in [0.29, 0.717) is 0 Å². The molecule has 0 aromatic heterocycles. The van der Waals surface area contributed by atoms with Gasteiger partial charge in [0.25, 0.3) is 0 Å². The third-order valence-electron chi connectivity index (χ3n) is 0.213.